The predicted molar refractivity (Wildman–Crippen MR) is 261 cm³/mol. The number of hydrogen-bond acceptors (Lipinski definition) is 18. The number of hydrogen-bond donors (Lipinski definition) is 8. The third kappa shape index (κ3) is 16.9. The van der Waals surface area contributed by atoms with Crippen LogP contribution in [0.3, 0.4) is 0 Å². The number of aromatic amines is 1. The van der Waals surface area contributed by atoms with Gasteiger partial charge in [-0.1, -0.05) is 0 Å². The van der Waals surface area contributed by atoms with Crippen molar-refractivity contribution in [3.63, 3.8) is 0 Å². The molecule has 324 valence electrons. The number of nitrogen functional groups attached to an aromatic ring is 1. The van der Waals surface area contributed by atoms with Crippen molar-refractivity contribution in [3.8, 4) is 0 Å². The van der Waals surface area contributed by atoms with Crippen LogP contribution in [0.2, 0.25) is 0 Å². The fourth-order valence-electron chi connectivity index (χ4n) is 4.48. The Labute approximate surface area is 363 Å². The lowest BCUT2D eigenvalue weighted by Gasteiger charge is -2.13. The highest BCUT2D eigenvalue weighted by atomic mass is 31.0. The Balaban J connectivity index is 0.000000264. The largest absolute Gasteiger partial charge is 0.397 e. The van der Waals surface area contributed by atoms with Gasteiger partial charge >= 0.3 is 0 Å². The van der Waals surface area contributed by atoms with E-state index in [0.29, 0.717) is 28.7 Å². The smallest absolute Gasteiger partial charge is 0.290 e. The molecule has 9 N–H and O–H groups in total. The Morgan fingerprint density at radius 3 is 1.62 bits per heavy atom. The molecule has 6 rings (SSSR count). The van der Waals surface area contributed by atoms with Crippen LogP contribution in [0.5, 0.6) is 0 Å². The predicted octanol–water partition coefficient (Wildman–Crippen LogP) is 7.01. The van der Waals surface area contributed by atoms with Gasteiger partial charge in [-0.3, -0.25) is 24.8 Å². The Morgan fingerprint density at radius 1 is 0.689 bits per heavy atom. The molecule has 6 heterocycles. The molecular formula is C34H48N17O5P5. The van der Waals surface area contributed by atoms with Crippen LogP contribution in [-0.4, -0.2) is 51.9 Å². The molecule has 22 nitrogen and oxygen atoms in total. The Morgan fingerprint density at radius 2 is 1.16 bits per heavy atom. The van der Waals surface area contributed by atoms with Gasteiger partial charge in [0.2, 0.25) is 11.8 Å². The average Bonchev–Trinajstić information content (AvgIpc) is 3.72. The fourth-order valence-corrected chi connectivity index (χ4v) is 5.29. The minimum absolute atomic E-state index is 0.0407. The number of nitrogens with zero attached hydrogens (tertiary/aromatic N) is 9. The van der Waals surface area contributed by atoms with E-state index in [0.717, 1.165) is 56.3 Å². The number of fused-ring (bicyclic) bond motifs is 1. The van der Waals surface area contributed by atoms with Crippen LogP contribution in [-0.2, 0) is 9.59 Å². The van der Waals surface area contributed by atoms with Gasteiger partial charge in [-0.25, -0.2) is 24.9 Å². The van der Waals surface area contributed by atoms with Crippen molar-refractivity contribution in [1.29, 1.82) is 0 Å². The molecular weight excluding hydrogens is 881 g/mol. The molecule has 6 aromatic heterocycles. The molecule has 0 aliphatic carbocycles. The summed E-state index contributed by atoms with van der Waals surface area (Å²) < 4.78 is 0. The highest BCUT2D eigenvalue weighted by molar-refractivity contribution is 7.19. The maximum atomic E-state index is 11.1. The van der Waals surface area contributed by atoms with E-state index in [1.807, 2.05) is 44.2 Å². The van der Waals surface area contributed by atoms with Gasteiger partial charge in [0.05, 0.1) is 56.1 Å². The topological polar surface area (TPSA) is 301 Å². The fraction of sp³-hybridized carbons (Fsp3) is 0.176. The lowest BCUT2D eigenvalue weighted by Crippen LogP contribution is -2.22. The number of rotatable bonds is 9. The number of nitrogens with one attached hydrogen (secondary N) is 7. The molecule has 0 aliphatic rings. The normalized spacial score (nSPS) is 9.62. The van der Waals surface area contributed by atoms with Gasteiger partial charge in [-0.15, -0.1) is 4.91 Å². The van der Waals surface area contributed by atoms with Crippen LogP contribution in [0.25, 0.3) is 11.0 Å². The minimum atomic E-state index is -0.449. The number of nitrogens with two attached hydrogens (primary N) is 1. The van der Waals surface area contributed by atoms with Crippen LogP contribution in [0.4, 0.5) is 51.8 Å². The van der Waals surface area contributed by atoms with E-state index in [1.54, 1.807) is 44.3 Å². The van der Waals surface area contributed by atoms with E-state index in [1.165, 1.54) is 19.9 Å². The summed E-state index contributed by atoms with van der Waals surface area (Å²) in [4.78, 5) is 62.8. The van der Waals surface area contributed by atoms with Gasteiger partial charge in [0.1, 0.15) is 40.3 Å². The number of nitro groups is 1. The molecule has 0 spiro atoms. The van der Waals surface area contributed by atoms with Crippen molar-refractivity contribution < 1.29 is 14.5 Å². The third-order valence-corrected chi connectivity index (χ3v) is 8.96. The molecule has 27 heteroatoms. The maximum absolute atomic E-state index is 11.1. The summed E-state index contributed by atoms with van der Waals surface area (Å²) in [5.74, 6) is 3.11. The second-order valence-electron chi connectivity index (χ2n) is 11.9. The van der Waals surface area contributed by atoms with Gasteiger partial charge in [-0.2, -0.15) is 10.1 Å². The molecule has 0 aliphatic heterocycles. The zero-order valence-corrected chi connectivity index (χ0v) is 39.7. The zero-order valence-electron chi connectivity index (χ0n) is 33.9. The first-order chi connectivity index (χ1) is 29.0. The summed E-state index contributed by atoms with van der Waals surface area (Å²) >= 11 is 0. The third-order valence-electron chi connectivity index (χ3n) is 7.48. The molecule has 0 fully saturated rings. The SMILES string of the molecule is CC(=O)N(N=O)c1ccc(NP)nc1C.CC(=O)Nc1ccc(NP)nc1C.Cc1nc(NP)ccc1N.Cc1nc(NP)ccc1[N+](=O)[O-].PNc1ccc2[nH]ncc2n1. The number of anilines is 8. The van der Waals surface area contributed by atoms with Crippen LogP contribution in [0.1, 0.15) is 36.6 Å². The first-order valence-electron chi connectivity index (χ1n) is 17.4. The molecule has 0 bridgehead atoms. The molecule has 2 amide bonds. The Bertz CT molecular complexity index is 2410. The summed E-state index contributed by atoms with van der Waals surface area (Å²) in [5.41, 5.74) is 11.9. The van der Waals surface area contributed by atoms with Crippen molar-refractivity contribution in [3.05, 3.63) is 105 Å². The molecule has 0 aromatic carbocycles. The van der Waals surface area contributed by atoms with Gasteiger partial charge < -0.3 is 36.5 Å². The standard InChI is InChI=1S/C8H11N4O2P.C8H12N3OP.C6H7N4P.C6H8N3O2P.C6H10N3P/c1-5-7(12(11-14)6(2)13)3-4-8(9-5)10-15;1-5-7(10-6(2)12)3-4-8(9-5)11-13;11-10-6-2-1-4-5(8-6)3-7-9-4;1-4-5(9(10)11)2-3-6(7-4)8-12;1-4-5(7)2-3-6(8-4)9-10/h3-4H,15H2,1-2H3,(H,9,10);3-4H,13H2,1-2H3,(H,9,11)(H,10,12);1-3H,11H2,(H,7,9)(H,8,10);2-3H,12H2,1H3,(H,7,8);2-3H,7,10H2,1H3,(H,8,9). The molecule has 5 unspecified atom stereocenters. The van der Waals surface area contributed by atoms with Gasteiger partial charge in [0.25, 0.3) is 5.69 Å². The van der Waals surface area contributed by atoms with Crippen LogP contribution in [0, 0.1) is 42.7 Å². The second-order valence-corrected chi connectivity index (χ2v) is 13.3. The number of H-pyrrole nitrogens is 1. The lowest BCUT2D eigenvalue weighted by molar-refractivity contribution is -0.385. The van der Waals surface area contributed by atoms with E-state index < -0.39 is 10.8 Å². The number of pyridine rings is 5. The van der Waals surface area contributed by atoms with Crippen molar-refractivity contribution in [2.45, 2.75) is 41.5 Å². The van der Waals surface area contributed by atoms with Crippen LogP contribution in [0.15, 0.2) is 72.1 Å². The Kier molecular flexibility index (Phi) is 22.1. The number of nitroso groups, excluding NO2 is 1. The van der Waals surface area contributed by atoms with Crippen molar-refractivity contribution in [2.24, 2.45) is 5.29 Å². The monoisotopic (exact) mass is 929 g/mol. The number of carbonyl (C=O) groups is 2. The van der Waals surface area contributed by atoms with E-state index >= 15 is 0 Å². The molecule has 5 atom stereocenters. The van der Waals surface area contributed by atoms with Crippen LogP contribution >= 0.6 is 47.0 Å². The van der Waals surface area contributed by atoms with Crippen molar-refractivity contribution in [2.75, 3.05) is 41.5 Å². The lowest BCUT2D eigenvalue weighted by atomic mass is 10.3. The maximum Gasteiger partial charge on any atom is 0.290 e. The highest BCUT2D eigenvalue weighted by Crippen LogP contribution is 2.22. The summed E-state index contributed by atoms with van der Waals surface area (Å²) in [6, 6.07) is 17.3. The Hall–Kier alpha value is -5.89. The molecule has 0 radical (unpaired) electrons. The minimum Gasteiger partial charge on any atom is -0.397 e. The van der Waals surface area contributed by atoms with Gasteiger partial charge in [-0.05, 0) is 129 Å². The summed E-state index contributed by atoms with van der Waals surface area (Å²) in [6.07, 6.45) is 1.70. The number of amides is 2. The van der Waals surface area contributed by atoms with Crippen molar-refractivity contribution in [1.82, 2.24) is 35.1 Å². The summed E-state index contributed by atoms with van der Waals surface area (Å²) in [7, 11) is 11.7. The molecule has 61 heavy (non-hydrogen) atoms. The van der Waals surface area contributed by atoms with E-state index in [-0.39, 0.29) is 11.6 Å². The molecule has 0 saturated carbocycles. The van der Waals surface area contributed by atoms with E-state index in [2.05, 4.69) is 118 Å². The van der Waals surface area contributed by atoms with E-state index in [9.17, 15) is 24.6 Å². The first kappa shape index (κ1) is 51.3. The number of carbonyl (C=O) groups excluding carboxylic acids is 2. The number of aryl methyl sites for hydroxylation is 4. The number of aromatic nitrogens is 7. The molecule has 0 saturated heterocycles. The van der Waals surface area contributed by atoms with Crippen LogP contribution < -0.4 is 41.5 Å². The second kappa shape index (κ2) is 26.3. The van der Waals surface area contributed by atoms with E-state index in [4.69, 9.17) is 5.73 Å². The first-order valence-corrected chi connectivity index (χ1v) is 20.3. The van der Waals surface area contributed by atoms with Crippen molar-refractivity contribution >= 4 is 122 Å². The quantitative estimate of drug-likeness (QED) is 0.0313. The summed E-state index contributed by atoms with van der Waals surface area (Å²) in [5, 5.41) is 37.2. The molecule has 6 aromatic rings. The zero-order chi connectivity index (χ0) is 45.6. The average molecular weight is 930 g/mol. The summed E-state index contributed by atoms with van der Waals surface area (Å²) in [6.45, 7) is 9.76. The van der Waals surface area contributed by atoms with Gasteiger partial charge in [0, 0.05) is 19.9 Å². The highest BCUT2D eigenvalue weighted by Gasteiger charge is 2.15. The van der Waals surface area contributed by atoms with Gasteiger partial charge in [0.15, 0.2) is 0 Å².